The summed E-state index contributed by atoms with van der Waals surface area (Å²) in [5, 5.41) is 9.34. The lowest BCUT2D eigenvalue weighted by Crippen LogP contribution is -2.53. The summed E-state index contributed by atoms with van der Waals surface area (Å²) < 4.78 is 77.1. The summed E-state index contributed by atoms with van der Waals surface area (Å²) >= 11 is 0. The van der Waals surface area contributed by atoms with Gasteiger partial charge in [0.1, 0.15) is 0 Å². The maximum absolute atomic E-state index is 12.9. The fourth-order valence-corrected chi connectivity index (χ4v) is 2.58. The molecule has 156 valence electrons. The Kier molecular flexibility index (Phi) is 8.02. The van der Waals surface area contributed by atoms with Gasteiger partial charge in [0.2, 0.25) is 0 Å². The van der Waals surface area contributed by atoms with E-state index in [9.17, 15) is 31.4 Å². The minimum atomic E-state index is -5.93. The number of aliphatic imine (C=N–C) groups is 1. The molecule has 0 saturated heterocycles. The molecule has 0 aliphatic carbocycles. The Hall–Kier alpha value is -1.68. The van der Waals surface area contributed by atoms with Gasteiger partial charge in [-0.25, -0.2) is 4.99 Å². The van der Waals surface area contributed by atoms with Crippen molar-refractivity contribution in [2.75, 3.05) is 0 Å². The number of nitrogens with zero attached hydrogens (tertiary/aromatic N) is 2. The van der Waals surface area contributed by atoms with Gasteiger partial charge in [0, 0.05) is 17.6 Å². The van der Waals surface area contributed by atoms with Gasteiger partial charge >= 0.3 is 12.4 Å². The minimum absolute atomic E-state index is 0. The molecule has 0 aliphatic rings. The Morgan fingerprint density at radius 3 is 1.59 bits per heavy atom. The van der Waals surface area contributed by atoms with Crippen LogP contribution < -0.4 is 5.73 Å². The number of guanidine groups is 1. The summed E-state index contributed by atoms with van der Waals surface area (Å²) in [5.74, 6) is 0.0738. The monoisotopic (exact) mass is 421 g/mol. The number of rotatable bonds is 4. The fourth-order valence-electron chi connectivity index (χ4n) is 2.58. The van der Waals surface area contributed by atoms with Gasteiger partial charge in [-0.3, -0.25) is 0 Å². The number of hydrogen-bond donors (Lipinski definition) is 2. The van der Waals surface area contributed by atoms with Crippen LogP contribution in [0.25, 0.3) is 0 Å². The Balaban J connectivity index is 0.00000676. The van der Waals surface area contributed by atoms with E-state index in [4.69, 9.17) is 5.73 Å². The van der Waals surface area contributed by atoms with E-state index in [1.807, 2.05) is 27.7 Å². The summed E-state index contributed by atoms with van der Waals surface area (Å²) in [6.07, 6.45) is -11.9. The molecule has 0 saturated carbocycles. The van der Waals surface area contributed by atoms with E-state index in [0.29, 0.717) is 12.1 Å². The second-order valence-electron chi connectivity index (χ2n) is 6.32. The SMILES string of the molecule is CC(C)N(C(N)=Nc1ccc(C(O)(C(F)(F)F)C(F)(F)F)cc1)C(C)C.Cl. The quantitative estimate of drug-likeness (QED) is 0.428. The third kappa shape index (κ3) is 5.19. The van der Waals surface area contributed by atoms with Crippen LogP contribution in [0.2, 0.25) is 0 Å². The van der Waals surface area contributed by atoms with Crippen LogP contribution in [0.3, 0.4) is 0 Å². The van der Waals surface area contributed by atoms with Crippen molar-refractivity contribution in [3.05, 3.63) is 29.8 Å². The van der Waals surface area contributed by atoms with Crippen LogP contribution in [-0.4, -0.2) is 40.4 Å². The third-order valence-corrected chi connectivity index (χ3v) is 3.73. The third-order valence-electron chi connectivity index (χ3n) is 3.73. The highest BCUT2D eigenvalue weighted by atomic mass is 35.5. The molecule has 0 heterocycles. The second-order valence-corrected chi connectivity index (χ2v) is 6.32. The molecule has 4 nitrogen and oxygen atoms in total. The molecular formula is C16H22ClF6N3O. The highest BCUT2D eigenvalue weighted by Gasteiger charge is 2.71. The van der Waals surface area contributed by atoms with Crippen molar-refractivity contribution >= 4 is 24.1 Å². The maximum atomic E-state index is 12.9. The molecule has 1 aromatic rings. The first-order chi connectivity index (χ1) is 11.6. The van der Waals surface area contributed by atoms with Gasteiger partial charge in [-0.15, -0.1) is 12.4 Å². The largest absolute Gasteiger partial charge is 0.430 e. The van der Waals surface area contributed by atoms with Crippen molar-refractivity contribution in [3.8, 4) is 0 Å². The second kappa shape index (κ2) is 8.55. The predicted molar refractivity (Wildman–Crippen MR) is 93.1 cm³/mol. The molecule has 0 spiro atoms. The first kappa shape index (κ1) is 25.3. The number of halogens is 7. The van der Waals surface area contributed by atoms with Gasteiger partial charge < -0.3 is 15.7 Å². The molecule has 27 heavy (non-hydrogen) atoms. The Morgan fingerprint density at radius 1 is 0.926 bits per heavy atom. The number of aliphatic hydroxyl groups is 1. The van der Waals surface area contributed by atoms with Crippen molar-refractivity contribution < 1.29 is 31.4 Å². The zero-order valence-electron chi connectivity index (χ0n) is 15.1. The van der Waals surface area contributed by atoms with Gasteiger partial charge in [0.15, 0.2) is 5.96 Å². The Bertz CT molecular complexity index is 619. The lowest BCUT2D eigenvalue weighted by Gasteiger charge is -2.33. The molecule has 3 N–H and O–H groups in total. The summed E-state index contributed by atoms with van der Waals surface area (Å²) in [4.78, 5) is 5.76. The predicted octanol–water partition coefficient (Wildman–Crippen LogP) is 4.49. The smallest absolute Gasteiger partial charge is 0.369 e. The van der Waals surface area contributed by atoms with Crippen molar-refractivity contribution in [2.45, 2.75) is 57.7 Å². The van der Waals surface area contributed by atoms with E-state index in [-0.39, 0.29) is 36.1 Å². The molecule has 0 amide bonds. The van der Waals surface area contributed by atoms with E-state index in [1.165, 1.54) is 0 Å². The molecule has 0 aromatic heterocycles. The molecular weight excluding hydrogens is 400 g/mol. The first-order valence-electron chi connectivity index (χ1n) is 7.71. The standard InChI is InChI=1S/C16H21F6N3O.ClH/c1-9(2)25(10(3)4)13(23)24-12-7-5-11(6-8-12)14(26,15(17,18)19)16(20,21)22;/h5-10,26H,1-4H3,(H2,23,24);1H. The van der Waals surface area contributed by atoms with Crippen LogP contribution in [0.5, 0.6) is 0 Å². The topological polar surface area (TPSA) is 61.8 Å². The van der Waals surface area contributed by atoms with Gasteiger partial charge in [-0.05, 0) is 39.8 Å². The lowest BCUT2D eigenvalue weighted by atomic mass is 9.92. The van der Waals surface area contributed by atoms with Crippen LogP contribution in [0.15, 0.2) is 29.3 Å². The molecule has 0 aliphatic heterocycles. The van der Waals surface area contributed by atoms with Crippen LogP contribution in [0.1, 0.15) is 33.3 Å². The van der Waals surface area contributed by atoms with Crippen LogP contribution in [0, 0.1) is 0 Å². The molecule has 0 fully saturated rings. The van der Waals surface area contributed by atoms with Crippen LogP contribution in [-0.2, 0) is 5.60 Å². The van der Waals surface area contributed by atoms with Gasteiger partial charge in [0.05, 0.1) is 5.69 Å². The van der Waals surface area contributed by atoms with Crippen molar-refractivity contribution in [1.82, 2.24) is 4.90 Å². The van der Waals surface area contributed by atoms with Crippen molar-refractivity contribution in [3.63, 3.8) is 0 Å². The maximum Gasteiger partial charge on any atom is 0.430 e. The highest BCUT2D eigenvalue weighted by molar-refractivity contribution is 5.85. The molecule has 1 aromatic carbocycles. The Morgan fingerprint density at radius 2 is 1.30 bits per heavy atom. The van der Waals surface area contributed by atoms with Gasteiger partial charge in [0.25, 0.3) is 5.60 Å². The van der Waals surface area contributed by atoms with E-state index < -0.39 is 23.5 Å². The van der Waals surface area contributed by atoms with Crippen LogP contribution >= 0.6 is 12.4 Å². The zero-order valence-corrected chi connectivity index (χ0v) is 15.9. The minimum Gasteiger partial charge on any atom is -0.369 e. The lowest BCUT2D eigenvalue weighted by molar-refractivity contribution is -0.376. The van der Waals surface area contributed by atoms with E-state index >= 15 is 0 Å². The molecule has 1 rings (SSSR count). The van der Waals surface area contributed by atoms with Crippen LogP contribution in [0.4, 0.5) is 32.0 Å². The number of hydrogen-bond acceptors (Lipinski definition) is 2. The van der Waals surface area contributed by atoms with E-state index in [1.54, 1.807) is 4.90 Å². The summed E-state index contributed by atoms with van der Waals surface area (Å²) in [5.41, 5.74) is -0.370. The van der Waals surface area contributed by atoms with Crippen molar-refractivity contribution in [2.24, 2.45) is 10.7 Å². The average Bonchev–Trinajstić information content (AvgIpc) is 2.43. The fraction of sp³-hybridized carbons (Fsp3) is 0.562. The van der Waals surface area contributed by atoms with E-state index in [0.717, 1.165) is 12.1 Å². The van der Waals surface area contributed by atoms with Gasteiger partial charge in [-0.1, -0.05) is 12.1 Å². The van der Waals surface area contributed by atoms with E-state index in [2.05, 4.69) is 4.99 Å². The summed E-state index contributed by atoms with van der Waals surface area (Å²) in [6.45, 7) is 7.44. The number of nitrogens with two attached hydrogens (primary N) is 1. The van der Waals surface area contributed by atoms with Gasteiger partial charge in [-0.2, -0.15) is 26.3 Å². The molecule has 0 unspecified atom stereocenters. The Labute approximate surface area is 159 Å². The summed E-state index contributed by atoms with van der Waals surface area (Å²) in [7, 11) is 0. The first-order valence-corrected chi connectivity index (χ1v) is 7.71. The number of alkyl halides is 6. The summed E-state index contributed by atoms with van der Waals surface area (Å²) in [6, 6.07) is 2.90. The highest BCUT2D eigenvalue weighted by Crippen LogP contribution is 2.50. The molecule has 0 atom stereocenters. The molecule has 0 radical (unpaired) electrons. The molecule has 11 heteroatoms. The normalized spacial score (nSPS) is 13.7. The average molecular weight is 422 g/mol. The zero-order chi connectivity index (χ0) is 20.5. The molecule has 0 bridgehead atoms. The number of benzene rings is 1. The van der Waals surface area contributed by atoms with Crippen molar-refractivity contribution in [1.29, 1.82) is 0 Å².